The molecule has 0 unspecified atom stereocenters. The van der Waals surface area contributed by atoms with Gasteiger partial charge in [-0.3, -0.25) is 10.2 Å². The minimum absolute atomic E-state index is 0.133. The molecule has 11 heteroatoms. The Kier molecular flexibility index (Phi) is 7.69. The number of amides is 1. The van der Waals surface area contributed by atoms with Crippen molar-refractivity contribution in [1.29, 1.82) is 0 Å². The van der Waals surface area contributed by atoms with E-state index in [0.717, 1.165) is 5.56 Å². The lowest BCUT2D eigenvalue weighted by Crippen LogP contribution is -2.40. The highest BCUT2D eigenvalue weighted by Gasteiger charge is 2.26. The van der Waals surface area contributed by atoms with Gasteiger partial charge in [0.25, 0.3) is 0 Å². The van der Waals surface area contributed by atoms with Gasteiger partial charge in [-0.05, 0) is 54.2 Å². The number of rotatable bonds is 6. The molecule has 2 aromatic rings. The number of carbonyl (C=O) groups is 1. The predicted octanol–water partition coefficient (Wildman–Crippen LogP) is 1.99. The van der Waals surface area contributed by atoms with E-state index in [4.69, 9.17) is 17.0 Å². The highest BCUT2D eigenvalue weighted by molar-refractivity contribution is 7.89. The first-order chi connectivity index (χ1) is 14.8. The number of sulfonamides is 1. The summed E-state index contributed by atoms with van der Waals surface area (Å²) in [5.74, 6) is -0.133. The largest absolute Gasteiger partial charge is 0.379 e. The quantitative estimate of drug-likeness (QED) is 0.343. The molecule has 164 valence electrons. The highest BCUT2D eigenvalue weighted by atomic mass is 32.2. The van der Waals surface area contributed by atoms with E-state index in [9.17, 15) is 13.2 Å². The molecule has 0 bridgehead atoms. The fourth-order valence-electron chi connectivity index (χ4n) is 2.83. The summed E-state index contributed by atoms with van der Waals surface area (Å²) in [6.07, 6.45) is 1.59. The normalized spacial score (nSPS) is 14.9. The summed E-state index contributed by atoms with van der Waals surface area (Å²) in [7, 11) is -3.53. The molecule has 1 saturated heterocycles. The van der Waals surface area contributed by atoms with Gasteiger partial charge in [-0.2, -0.15) is 9.41 Å². The van der Waals surface area contributed by atoms with Crippen LogP contribution in [0.4, 0.5) is 11.4 Å². The van der Waals surface area contributed by atoms with E-state index in [1.54, 1.807) is 42.6 Å². The summed E-state index contributed by atoms with van der Waals surface area (Å²) in [5, 5.41) is 9.96. The van der Waals surface area contributed by atoms with Gasteiger partial charge in [0, 0.05) is 31.4 Å². The van der Waals surface area contributed by atoms with Gasteiger partial charge in [0.1, 0.15) is 0 Å². The highest BCUT2D eigenvalue weighted by Crippen LogP contribution is 2.19. The number of hydrazone groups is 1. The first-order valence-corrected chi connectivity index (χ1v) is 11.3. The molecule has 3 rings (SSSR count). The van der Waals surface area contributed by atoms with E-state index in [-0.39, 0.29) is 15.9 Å². The van der Waals surface area contributed by atoms with E-state index in [1.165, 1.54) is 23.4 Å². The summed E-state index contributed by atoms with van der Waals surface area (Å²) in [5.41, 5.74) is 4.86. The average Bonchev–Trinajstić information content (AvgIpc) is 2.75. The summed E-state index contributed by atoms with van der Waals surface area (Å²) in [6.45, 7) is 2.95. The zero-order valence-electron chi connectivity index (χ0n) is 16.9. The Bertz CT molecular complexity index is 1050. The molecular weight excluding hydrogens is 438 g/mol. The number of ether oxygens (including phenoxy) is 1. The van der Waals surface area contributed by atoms with Crippen molar-refractivity contribution in [3.8, 4) is 0 Å². The number of hydrogen-bond donors (Lipinski definition) is 3. The van der Waals surface area contributed by atoms with Gasteiger partial charge in [-0.25, -0.2) is 8.42 Å². The first kappa shape index (κ1) is 22.8. The van der Waals surface area contributed by atoms with Crippen LogP contribution in [0.3, 0.4) is 0 Å². The number of benzene rings is 2. The lowest BCUT2D eigenvalue weighted by molar-refractivity contribution is -0.114. The maximum Gasteiger partial charge on any atom is 0.243 e. The molecule has 0 atom stereocenters. The predicted molar refractivity (Wildman–Crippen MR) is 124 cm³/mol. The Morgan fingerprint density at radius 3 is 2.23 bits per heavy atom. The molecule has 9 nitrogen and oxygen atoms in total. The molecule has 0 saturated carbocycles. The van der Waals surface area contributed by atoms with Crippen LogP contribution >= 0.6 is 12.2 Å². The molecule has 1 heterocycles. The van der Waals surface area contributed by atoms with Gasteiger partial charge < -0.3 is 15.4 Å². The molecule has 0 spiro atoms. The van der Waals surface area contributed by atoms with Gasteiger partial charge in [-0.15, -0.1) is 0 Å². The van der Waals surface area contributed by atoms with Crippen molar-refractivity contribution < 1.29 is 17.9 Å². The van der Waals surface area contributed by atoms with Crippen molar-refractivity contribution in [2.24, 2.45) is 5.10 Å². The van der Waals surface area contributed by atoms with E-state index in [2.05, 4.69) is 21.2 Å². The zero-order chi connectivity index (χ0) is 22.3. The molecule has 0 aromatic heterocycles. The summed E-state index contributed by atoms with van der Waals surface area (Å²) in [6, 6.07) is 13.5. The molecule has 3 N–H and O–H groups in total. The Balaban J connectivity index is 1.52. The fraction of sp³-hybridized carbons (Fsp3) is 0.250. The van der Waals surface area contributed by atoms with Crippen molar-refractivity contribution >= 4 is 50.9 Å². The van der Waals surface area contributed by atoms with Crippen LogP contribution in [0.2, 0.25) is 0 Å². The van der Waals surface area contributed by atoms with Crippen LogP contribution in [0.5, 0.6) is 0 Å². The number of morpholine rings is 1. The van der Waals surface area contributed by atoms with Crippen LogP contribution in [0.25, 0.3) is 0 Å². The first-order valence-electron chi connectivity index (χ1n) is 9.50. The Labute approximate surface area is 186 Å². The second-order valence-electron chi connectivity index (χ2n) is 6.67. The van der Waals surface area contributed by atoms with Crippen LogP contribution in [0.15, 0.2) is 58.5 Å². The second kappa shape index (κ2) is 10.4. The van der Waals surface area contributed by atoms with Gasteiger partial charge in [0.2, 0.25) is 15.9 Å². The lowest BCUT2D eigenvalue weighted by atomic mass is 10.2. The summed E-state index contributed by atoms with van der Waals surface area (Å²) in [4.78, 5) is 11.3. The van der Waals surface area contributed by atoms with E-state index in [0.29, 0.717) is 37.7 Å². The maximum absolute atomic E-state index is 12.6. The third-order valence-electron chi connectivity index (χ3n) is 4.33. The lowest BCUT2D eigenvalue weighted by Gasteiger charge is -2.26. The number of nitrogens with zero attached hydrogens (tertiary/aromatic N) is 2. The number of hydrogen-bond acceptors (Lipinski definition) is 6. The standard InChI is InChI=1S/C20H23N5O4S2/c1-15(26)22-17-4-2-16(3-5-17)14-21-24-20(30)23-18-6-8-19(9-7-18)31(27,28)25-10-12-29-13-11-25/h2-9,14H,10-13H2,1H3,(H,22,26)(H2,23,24,30)/b21-14-. The monoisotopic (exact) mass is 461 g/mol. The Hall–Kier alpha value is -2.86. The van der Waals surface area contributed by atoms with Crippen LogP contribution in [-0.2, 0) is 19.6 Å². The second-order valence-corrected chi connectivity index (χ2v) is 9.01. The molecule has 1 fully saturated rings. The van der Waals surface area contributed by atoms with Gasteiger partial charge in [0.15, 0.2) is 5.11 Å². The van der Waals surface area contributed by atoms with Gasteiger partial charge in [-0.1, -0.05) is 12.1 Å². The van der Waals surface area contributed by atoms with Gasteiger partial charge in [0.05, 0.1) is 24.3 Å². The molecule has 0 radical (unpaired) electrons. The van der Waals surface area contributed by atoms with E-state index < -0.39 is 10.0 Å². The number of nitrogens with one attached hydrogen (secondary N) is 3. The van der Waals surface area contributed by atoms with Crippen LogP contribution in [0.1, 0.15) is 12.5 Å². The summed E-state index contributed by atoms with van der Waals surface area (Å²) < 4.78 is 31.9. The van der Waals surface area contributed by atoms with Crippen LogP contribution in [-0.4, -0.2) is 56.3 Å². The fourth-order valence-corrected chi connectivity index (χ4v) is 4.41. The third kappa shape index (κ3) is 6.56. The average molecular weight is 462 g/mol. The summed E-state index contributed by atoms with van der Waals surface area (Å²) >= 11 is 5.20. The molecule has 31 heavy (non-hydrogen) atoms. The zero-order valence-corrected chi connectivity index (χ0v) is 18.5. The third-order valence-corrected chi connectivity index (χ3v) is 6.44. The SMILES string of the molecule is CC(=O)Nc1ccc(/C=N\NC(=S)Nc2ccc(S(=O)(=O)N3CCOCC3)cc2)cc1. The van der Waals surface area contributed by atoms with Crippen LogP contribution < -0.4 is 16.1 Å². The molecular formula is C20H23N5O4S2. The van der Waals surface area contributed by atoms with Crippen molar-refractivity contribution in [2.75, 3.05) is 36.9 Å². The number of anilines is 2. The van der Waals surface area contributed by atoms with Gasteiger partial charge >= 0.3 is 0 Å². The number of thiocarbonyl (C=S) groups is 1. The maximum atomic E-state index is 12.6. The van der Waals surface area contributed by atoms with Crippen LogP contribution in [0, 0.1) is 0 Å². The molecule has 1 amide bonds. The van der Waals surface area contributed by atoms with E-state index in [1.807, 2.05) is 0 Å². The Morgan fingerprint density at radius 2 is 1.61 bits per heavy atom. The van der Waals surface area contributed by atoms with Crippen molar-refractivity contribution in [1.82, 2.24) is 9.73 Å². The molecule has 1 aliphatic heterocycles. The minimum atomic E-state index is -3.53. The minimum Gasteiger partial charge on any atom is -0.379 e. The molecule has 1 aliphatic rings. The van der Waals surface area contributed by atoms with Crippen molar-refractivity contribution in [3.05, 3.63) is 54.1 Å². The topological polar surface area (TPSA) is 112 Å². The Morgan fingerprint density at radius 1 is 1.03 bits per heavy atom. The molecule has 0 aliphatic carbocycles. The van der Waals surface area contributed by atoms with Crippen molar-refractivity contribution in [2.45, 2.75) is 11.8 Å². The van der Waals surface area contributed by atoms with Crippen molar-refractivity contribution in [3.63, 3.8) is 0 Å². The smallest absolute Gasteiger partial charge is 0.243 e. The molecule has 2 aromatic carbocycles. The van der Waals surface area contributed by atoms with E-state index >= 15 is 0 Å². The number of carbonyl (C=O) groups excluding carboxylic acids is 1.